The molecular formula is C15H24ClN3O4S2. The summed E-state index contributed by atoms with van der Waals surface area (Å²) in [5, 5.41) is 3.24. The Morgan fingerprint density at radius 2 is 1.60 bits per heavy atom. The van der Waals surface area contributed by atoms with Crippen molar-refractivity contribution in [3.63, 3.8) is 0 Å². The highest BCUT2D eigenvalue weighted by atomic mass is 35.5. The summed E-state index contributed by atoms with van der Waals surface area (Å²) < 4.78 is 55.0. The highest BCUT2D eigenvalue weighted by Crippen LogP contribution is 2.23. The lowest BCUT2D eigenvalue weighted by Crippen LogP contribution is -2.51. The Balaban J connectivity index is 0.00000225. The van der Waals surface area contributed by atoms with E-state index in [-0.39, 0.29) is 40.3 Å². The molecule has 2 atom stereocenters. The third-order valence-electron chi connectivity index (χ3n) is 4.39. The van der Waals surface area contributed by atoms with Crippen molar-refractivity contribution in [3.05, 3.63) is 24.3 Å². The molecule has 2 aliphatic rings. The molecule has 1 aliphatic heterocycles. The standard InChI is InChI=1S/C15H23N3O4S2.ClH/c1-11-15(6-3-9-16-11)18-24(21,22)14-5-2-4-13(10-14)23(19,20)17-12-7-8-12;/h2,4-5,10-12,15-18H,3,6-9H2,1H3;1H. The minimum absolute atomic E-state index is 0. The number of hydrogen-bond acceptors (Lipinski definition) is 5. The van der Waals surface area contributed by atoms with Crippen molar-refractivity contribution in [1.82, 2.24) is 14.8 Å². The lowest BCUT2D eigenvalue weighted by atomic mass is 10.0. The summed E-state index contributed by atoms with van der Waals surface area (Å²) in [5.41, 5.74) is 0. The van der Waals surface area contributed by atoms with E-state index in [0.29, 0.717) is 0 Å². The van der Waals surface area contributed by atoms with Gasteiger partial charge in [-0.25, -0.2) is 26.3 Å². The molecule has 142 valence electrons. The number of nitrogens with one attached hydrogen (secondary N) is 3. The molecule has 0 amide bonds. The molecule has 25 heavy (non-hydrogen) atoms. The maximum atomic E-state index is 12.6. The maximum absolute atomic E-state index is 12.6. The first kappa shape index (κ1) is 20.6. The van der Waals surface area contributed by atoms with Gasteiger partial charge < -0.3 is 5.32 Å². The predicted molar refractivity (Wildman–Crippen MR) is 97.8 cm³/mol. The number of rotatable bonds is 6. The molecule has 3 N–H and O–H groups in total. The van der Waals surface area contributed by atoms with E-state index in [1.807, 2.05) is 6.92 Å². The number of sulfonamides is 2. The van der Waals surface area contributed by atoms with Crippen LogP contribution in [0, 0.1) is 0 Å². The largest absolute Gasteiger partial charge is 0.313 e. The lowest BCUT2D eigenvalue weighted by molar-refractivity contribution is 0.349. The Hall–Kier alpha value is -0.710. The summed E-state index contributed by atoms with van der Waals surface area (Å²) >= 11 is 0. The van der Waals surface area contributed by atoms with Gasteiger partial charge in [-0.2, -0.15) is 0 Å². The van der Waals surface area contributed by atoms with Gasteiger partial charge in [-0.1, -0.05) is 6.07 Å². The molecule has 10 heteroatoms. The fourth-order valence-corrected chi connectivity index (χ4v) is 5.59. The van der Waals surface area contributed by atoms with E-state index in [9.17, 15) is 16.8 Å². The van der Waals surface area contributed by atoms with E-state index in [1.165, 1.54) is 24.3 Å². The highest BCUT2D eigenvalue weighted by Gasteiger charge is 2.30. The molecule has 7 nitrogen and oxygen atoms in total. The average molecular weight is 410 g/mol. The van der Waals surface area contributed by atoms with Crippen LogP contribution in [0.4, 0.5) is 0 Å². The van der Waals surface area contributed by atoms with E-state index in [1.54, 1.807) is 0 Å². The first-order chi connectivity index (χ1) is 11.3. The minimum atomic E-state index is -3.77. The normalized spacial score (nSPS) is 24.5. The molecule has 1 heterocycles. The zero-order chi connectivity index (χ0) is 17.4. The number of hydrogen-bond donors (Lipinski definition) is 3. The molecule has 1 aliphatic carbocycles. The van der Waals surface area contributed by atoms with Gasteiger partial charge in [0.05, 0.1) is 9.79 Å². The van der Waals surface area contributed by atoms with Gasteiger partial charge in [-0.3, -0.25) is 0 Å². The Morgan fingerprint density at radius 1 is 1.00 bits per heavy atom. The number of benzene rings is 1. The van der Waals surface area contributed by atoms with Crippen LogP contribution in [0.2, 0.25) is 0 Å². The number of piperidine rings is 1. The van der Waals surface area contributed by atoms with Crippen LogP contribution >= 0.6 is 12.4 Å². The summed E-state index contributed by atoms with van der Waals surface area (Å²) in [7, 11) is -7.45. The second-order valence-corrected chi connectivity index (χ2v) is 9.91. The van der Waals surface area contributed by atoms with E-state index < -0.39 is 20.0 Å². The van der Waals surface area contributed by atoms with Gasteiger partial charge in [0.15, 0.2) is 0 Å². The molecule has 2 unspecified atom stereocenters. The van der Waals surface area contributed by atoms with E-state index >= 15 is 0 Å². The van der Waals surface area contributed by atoms with Gasteiger partial charge >= 0.3 is 0 Å². The Labute approximate surface area is 155 Å². The highest BCUT2D eigenvalue weighted by molar-refractivity contribution is 7.90. The van der Waals surface area contributed by atoms with Crippen LogP contribution in [-0.2, 0) is 20.0 Å². The fraction of sp³-hybridized carbons (Fsp3) is 0.600. The van der Waals surface area contributed by atoms with E-state index in [2.05, 4.69) is 14.8 Å². The van der Waals surface area contributed by atoms with Crippen LogP contribution in [0.3, 0.4) is 0 Å². The summed E-state index contributed by atoms with van der Waals surface area (Å²) in [4.78, 5) is -0.0500. The maximum Gasteiger partial charge on any atom is 0.240 e. The van der Waals surface area contributed by atoms with Crippen molar-refractivity contribution in [2.75, 3.05) is 6.54 Å². The zero-order valence-corrected chi connectivity index (χ0v) is 16.4. The van der Waals surface area contributed by atoms with Gasteiger partial charge in [0.2, 0.25) is 20.0 Å². The number of halogens is 1. The third kappa shape index (κ3) is 5.15. The van der Waals surface area contributed by atoms with Crippen molar-refractivity contribution >= 4 is 32.5 Å². The SMILES string of the molecule is CC1NCCCC1NS(=O)(=O)c1cccc(S(=O)(=O)NC2CC2)c1.Cl. The predicted octanol–water partition coefficient (Wildman–Crippen LogP) is 0.968. The zero-order valence-electron chi connectivity index (χ0n) is 13.9. The van der Waals surface area contributed by atoms with Crippen LogP contribution < -0.4 is 14.8 Å². The van der Waals surface area contributed by atoms with Crippen molar-refractivity contribution < 1.29 is 16.8 Å². The molecule has 1 aromatic carbocycles. The second-order valence-electron chi connectivity index (χ2n) is 6.48. The third-order valence-corrected chi connectivity index (χ3v) is 7.40. The summed E-state index contributed by atoms with van der Waals surface area (Å²) in [6, 6.07) is 5.31. The van der Waals surface area contributed by atoms with Crippen LogP contribution in [0.15, 0.2) is 34.1 Å². The minimum Gasteiger partial charge on any atom is -0.313 e. The smallest absolute Gasteiger partial charge is 0.240 e. The van der Waals surface area contributed by atoms with Crippen LogP contribution in [-0.4, -0.2) is 41.5 Å². The molecule has 1 saturated heterocycles. The quantitative estimate of drug-likeness (QED) is 0.649. The molecule has 0 spiro atoms. The first-order valence-electron chi connectivity index (χ1n) is 8.16. The topological polar surface area (TPSA) is 104 Å². The van der Waals surface area contributed by atoms with Gasteiger partial charge in [0.25, 0.3) is 0 Å². The van der Waals surface area contributed by atoms with Crippen LogP contribution in [0.5, 0.6) is 0 Å². The molecule has 0 aromatic heterocycles. The molecule has 2 fully saturated rings. The van der Waals surface area contributed by atoms with E-state index in [4.69, 9.17) is 0 Å². The van der Waals surface area contributed by atoms with Crippen LogP contribution in [0.1, 0.15) is 32.6 Å². The summed E-state index contributed by atoms with van der Waals surface area (Å²) in [5.74, 6) is 0. The first-order valence-corrected chi connectivity index (χ1v) is 11.1. The summed E-state index contributed by atoms with van der Waals surface area (Å²) in [6.45, 7) is 2.81. The van der Waals surface area contributed by atoms with E-state index in [0.717, 1.165) is 32.2 Å². The summed E-state index contributed by atoms with van der Waals surface area (Å²) in [6.07, 6.45) is 3.31. The van der Waals surface area contributed by atoms with Crippen LogP contribution in [0.25, 0.3) is 0 Å². The molecular weight excluding hydrogens is 386 g/mol. The average Bonchev–Trinajstić information content (AvgIpc) is 3.33. The van der Waals surface area contributed by atoms with Crippen molar-refractivity contribution in [2.24, 2.45) is 0 Å². The van der Waals surface area contributed by atoms with Crippen molar-refractivity contribution in [2.45, 2.75) is 60.5 Å². The van der Waals surface area contributed by atoms with Crippen molar-refractivity contribution in [3.8, 4) is 0 Å². The molecule has 3 rings (SSSR count). The molecule has 0 bridgehead atoms. The second kappa shape index (κ2) is 7.89. The Morgan fingerprint density at radius 3 is 2.16 bits per heavy atom. The molecule has 0 radical (unpaired) electrons. The van der Waals surface area contributed by atoms with Crippen molar-refractivity contribution in [1.29, 1.82) is 0 Å². The lowest BCUT2D eigenvalue weighted by Gasteiger charge is -2.30. The van der Waals surface area contributed by atoms with Gasteiger partial charge in [0, 0.05) is 18.1 Å². The fourth-order valence-electron chi connectivity index (χ4n) is 2.77. The van der Waals surface area contributed by atoms with Gasteiger partial charge in [-0.15, -0.1) is 12.4 Å². The monoisotopic (exact) mass is 409 g/mol. The van der Waals surface area contributed by atoms with Gasteiger partial charge in [0.1, 0.15) is 0 Å². The Bertz CT molecular complexity index is 810. The van der Waals surface area contributed by atoms with Gasteiger partial charge in [-0.05, 0) is 57.4 Å². The molecule has 1 aromatic rings. The molecule has 1 saturated carbocycles. The Kier molecular flexibility index (Phi) is 6.50.